The molecule has 0 fully saturated rings. The van der Waals surface area contributed by atoms with Crippen LogP contribution in [0.15, 0.2) is 174 Å². The second kappa shape index (κ2) is 16.2. The number of amidine groups is 1. The van der Waals surface area contributed by atoms with Gasteiger partial charge in [0.15, 0.2) is 0 Å². The van der Waals surface area contributed by atoms with Gasteiger partial charge in [-0.05, 0) is 111 Å². The predicted molar refractivity (Wildman–Crippen MR) is 254 cm³/mol. The monoisotopic (exact) mass is 783 g/mol. The zero-order chi connectivity index (χ0) is 40.5. The number of rotatable bonds is 4. The molecule has 0 aliphatic heterocycles. The van der Waals surface area contributed by atoms with Gasteiger partial charge in [0.1, 0.15) is 17.0 Å². The third-order valence-electron chi connectivity index (χ3n) is 11.3. The van der Waals surface area contributed by atoms with Crippen LogP contribution in [0.5, 0.6) is 0 Å². The molecule has 1 aliphatic carbocycles. The topological polar surface area (TPSA) is 89.0 Å². The number of fused-ring (bicyclic) bond motifs is 9. The fourth-order valence-corrected chi connectivity index (χ4v) is 9.45. The molecule has 5 heteroatoms. The van der Waals surface area contributed by atoms with Crippen molar-refractivity contribution in [1.82, 2.24) is 0 Å². The van der Waals surface area contributed by atoms with E-state index >= 15 is 0 Å². The van der Waals surface area contributed by atoms with Gasteiger partial charge in [-0.1, -0.05) is 146 Å². The highest BCUT2D eigenvalue weighted by Crippen LogP contribution is 2.44. The minimum absolute atomic E-state index is 0.121. The first-order chi connectivity index (χ1) is 28.9. The number of hydrogen-bond donors (Lipinski definition) is 3. The average Bonchev–Trinajstić information content (AvgIpc) is 3.85. The summed E-state index contributed by atoms with van der Waals surface area (Å²) in [5.74, 6) is 0.618. The normalized spacial score (nSPS) is 13.2. The second-order valence-corrected chi connectivity index (χ2v) is 16.4. The largest absolute Gasteiger partial charge is 0.456 e. The molecule has 11 rings (SSSR count). The van der Waals surface area contributed by atoms with E-state index in [1.54, 1.807) is 0 Å². The number of furan rings is 1. The Kier molecular flexibility index (Phi) is 10.4. The Labute approximate surface area is 348 Å². The Morgan fingerprint density at radius 1 is 0.661 bits per heavy atom. The molecule has 0 saturated heterocycles. The smallest absolute Gasteiger partial charge is 0.136 e. The van der Waals surface area contributed by atoms with Crippen LogP contribution >= 0.6 is 11.3 Å². The highest BCUT2D eigenvalue weighted by atomic mass is 32.1. The van der Waals surface area contributed by atoms with Crippen LogP contribution in [0.1, 0.15) is 47.1 Å². The van der Waals surface area contributed by atoms with E-state index in [2.05, 4.69) is 159 Å². The number of nitrogens with one attached hydrogen (secondary N) is 1. The van der Waals surface area contributed by atoms with Gasteiger partial charge >= 0.3 is 0 Å². The number of nitrogen functional groups attached to an aromatic ring is 1. The molecular weight excluding hydrogens is 739 g/mol. The van der Waals surface area contributed by atoms with Crippen molar-refractivity contribution in [3.05, 3.63) is 198 Å². The SMILES string of the molecule is CC1CC=Cc2c(-c3ccc4oc5cccc(-c6ccc(CN)cc6)c5c4c3)cc3ccccc3c21.Cc1ccc2sc3ccccc3c2c1.N=C(N)c1ccccc1. The molecule has 59 heavy (non-hydrogen) atoms. The Bertz CT molecular complexity index is 3170. The molecule has 0 radical (unpaired) electrons. The van der Waals surface area contributed by atoms with Crippen LogP contribution in [0.4, 0.5) is 0 Å². The number of benzene rings is 8. The summed E-state index contributed by atoms with van der Waals surface area (Å²) in [7, 11) is 0. The summed E-state index contributed by atoms with van der Waals surface area (Å²) in [6.45, 7) is 5.03. The fraction of sp³-hybridized carbons (Fsp3) is 0.0926. The molecule has 4 nitrogen and oxygen atoms in total. The summed E-state index contributed by atoms with van der Waals surface area (Å²) in [6.07, 6.45) is 5.72. The van der Waals surface area contributed by atoms with Gasteiger partial charge in [0.2, 0.25) is 0 Å². The molecule has 5 N–H and O–H groups in total. The van der Waals surface area contributed by atoms with Crippen LogP contribution in [-0.2, 0) is 6.54 Å². The van der Waals surface area contributed by atoms with Gasteiger partial charge in [-0.25, -0.2) is 0 Å². The maximum Gasteiger partial charge on any atom is 0.136 e. The van der Waals surface area contributed by atoms with E-state index < -0.39 is 0 Å². The second-order valence-electron chi connectivity index (χ2n) is 15.3. The van der Waals surface area contributed by atoms with Gasteiger partial charge in [0.25, 0.3) is 0 Å². The highest BCUT2D eigenvalue weighted by Gasteiger charge is 2.21. The van der Waals surface area contributed by atoms with Crippen LogP contribution in [0.3, 0.4) is 0 Å². The molecule has 1 unspecified atom stereocenters. The van der Waals surface area contributed by atoms with Crippen molar-refractivity contribution in [3.8, 4) is 22.3 Å². The molecule has 1 atom stereocenters. The Morgan fingerprint density at radius 2 is 1.39 bits per heavy atom. The lowest BCUT2D eigenvalue weighted by atomic mass is 9.80. The maximum atomic E-state index is 7.01. The molecule has 288 valence electrons. The van der Waals surface area contributed by atoms with E-state index in [0.29, 0.717) is 12.5 Å². The van der Waals surface area contributed by atoms with E-state index in [-0.39, 0.29) is 5.84 Å². The van der Waals surface area contributed by atoms with Crippen molar-refractivity contribution in [2.75, 3.05) is 0 Å². The highest BCUT2D eigenvalue weighted by molar-refractivity contribution is 7.25. The molecule has 8 aromatic carbocycles. The van der Waals surface area contributed by atoms with Crippen molar-refractivity contribution in [3.63, 3.8) is 0 Å². The third-order valence-corrected chi connectivity index (χ3v) is 12.5. The first-order valence-electron chi connectivity index (χ1n) is 20.1. The maximum absolute atomic E-state index is 7.01. The summed E-state index contributed by atoms with van der Waals surface area (Å²) in [6, 6.07) is 57.1. The molecule has 0 bridgehead atoms. The van der Waals surface area contributed by atoms with E-state index in [1.165, 1.54) is 69.9 Å². The van der Waals surface area contributed by atoms with Crippen LogP contribution < -0.4 is 11.5 Å². The van der Waals surface area contributed by atoms with Crippen molar-refractivity contribution in [2.24, 2.45) is 11.5 Å². The van der Waals surface area contributed by atoms with Gasteiger partial charge in [-0.2, -0.15) is 0 Å². The summed E-state index contributed by atoms with van der Waals surface area (Å²) >= 11 is 1.87. The molecule has 0 spiro atoms. The predicted octanol–water partition coefficient (Wildman–Crippen LogP) is 14.4. The summed E-state index contributed by atoms with van der Waals surface area (Å²) in [5.41, 5.74) is 23.8. The zero-order valence-corrected chi connectivity index (χ0v) is 34.0. The van der Waals surface area contributed by atoms with Crippen molar-refractivity contribution in [2.45, 2.75) is 32.7 Å². The van der Waals surface area contributed by atoms with E-state index in [9.17, 15) is 0 Å². The lowest BCUT2D eigenvalue weighted by Gasteiger charge is -2.23. The Morgan fingerprint density at radius 3 is 2.17 bits per heavy atom. The number of hydrogen-bond acceptors (Lipinski definition) is 4. The molecule has 2 aromatic heterocycles. The average molecular weight is 784 g/mol. The van der Waals surface area contributed by atoms with Gasteiger partial charge in [-0.3, -0.25) is 5.41 Å². The molecule has 10 aromatic rings. The quantitative estimate of drug-likeness (QED) is 0.123. The third kappa shape index (κ3) is 7.43. The first kappa shape index (κ1) is 37.8. The van der Waals surface area contributed by atoms with E-state index in [4.69, 9.17) is 21.3 Å². The van der Waals surface area contributed by atoms with E-state index in [0.717, 1.165) is 39.5 Å². The number of allylic oxidation sites excluding steroid dienone is 1. The standard InChI is InChI=1S/C34H27NO.C13H10S.C7H8N2/c1-21-6-4-10-28-29(18-24-7-2-3-8-27(24)33(21)28)25-16-17-31-30(19-25)34-26(9-5-11-32(34)36-31)23-14-12-22(20-35)13-15-23;1-9-6-7-13-11(8-9)10-4-2-3-5-12(10)14-13;8-7(9)6-4-2-1-3-5-6/h2-5,7-19,21H,6,20,35H2,1H3;2-8H,1H3;1-5H,(H3,8,9). The van der Waals surface area contributed by atoms with E-state index in [1.807, 2.05) is 41.7 Å². The lowest BCUT2D eigenvalue weighted by molar-refractivity contribution is 0.669. The Hall–Kier alpha value is -6.79. The molecule has 2 heterocycles. The van der Waals surface area contributed by atoms with Gasteiger partial charge in [-0.15, -0.1) is 11.3 Å². The van der Waals surface area contributed by atoms with Crippen molar-refractivity contribution in [1.29, 1.82) is 5.41 Å². The molecule has 1 aliphatic rings. The minimum atomic E-state index is 0.121. The Balaban J connectivity index is 0.000000158. The fourth-order valence-electron chi connectivity index (χ4n) is 8.36. The van der Waals surface area contributed by atoms with Crippen molar-refractivity contribution >= 4 is 76.1 Å². The van der Waals surface area contributed by atoms with Gasteiger partial charge in [0, 0.05) is 43.1 Å². The van der Waals surface area contributed by atoms with Crippen molar-refractivity contribution < 1.29 is 4.42 Å². The molecular formula is C54H45N3OS. The molecule has 0 saturated carbocycles. The molecule has 0 amide bonds. The van der Waals surface area contributed by atoms with Crippen LogP contribution in [0.25, 0.3) is 81.2 Å². The van der Waals surface area contributed by atoms with Crippen LogP contribution in [0.2, 0.25) is 0 Å². The summed E-state index contributed by atoms with van der Waals surface area (Å²) in [5, 5.41) is 14.8. The van der Waals surface area contributed by atoms with Gasteiger partial charge < -0.3 is 15.9 Å². The number of thiophene rings is 1. The van der Waals surface area contributed by atoms with Gasteiger partial charge in [0.05, 0.1) is 0 Å². The number of aryl methyl sites for hydroxylation is 1. The summed E-state index contributed by atoms with van der Waals surface area (Å²) in [4.78, 5) is 0. The van der Waals surface area contributed by atoms with Crippen LogP contribution in [-0.4, -0.2) is 5.84 Å². The lowest BCUT2D eigenvalue weighted by Crippen LogP contribution is -2.10. The van der Waals surface area contributed by atoms with Crippen LogP contribution in [0, 0.1) is 12.3 Å². The first-order valence-corrected chi connectivity index (χ1v) is 20.9. The number of nitrogens with two attached hydrogens (primary N) is 2. The minimum Gasteiger partial charge on any atom is -0.456 e. The summed E-state index contributed by atoms with van der Waals surface area (Å²) < 4.78 is 9.08. The zero-order valence-electron chi connectivity index (χ0n) is 33.2.